The normalized spacial score (nSPS) is 22.1. The molecule has 100 valence electrons. The van der Waals surface area contributed by atoms with E-state index in [9.17, 15) is 4.79 Å². The van der Waals surface area contributed by atoms with Crippen LogP contribution in [0.4, 0.5) is 0 Å². The van der Waals surface area contributed by atoms with Gasteiger partial charge >= 0.3 is 0 Å². The highest BCUT2D eigenvalue weighted by Gasteiger charge is 2.37. The first-order valence-electron chi connectivity index (χ1n) is 6.34. The minimum atomic E-state index is -0.407. The number of piperazine rings is 1. The van der Waals surface area contributed by atoms with E-state index in [1.807, 2.05) is 30.9 Å². The maximum atomic E-state index is 12.3. The first-order valence-corrected chi connectivity index (χ1v) is 6.34. The quantitative estimate of drug-likeness (QED) is 0.880. The lowest BCUT2D eigenvalue weighted by Gasteiger charge is -2.42. The van der Waals surface area contributed by atoms with Gasteiger partial charge in [0, 0.05) is 31.0 Å². The summed E-state index contributed by atoms with van der Waals surface area (Å²) in [4.78, 5) is 18.1. The zero-order chi connectivity index (χ0) is 13.9. The van der Waals surface area contributed by atoms with E-state index >= 15 is 0 Å². The second-order valence-corrected chi connectivity index (χ2v) is 5.49. The lowest BCUT2D eigenvalue weighted by molar-refractivity contribution is -0.139. The highest BCUT2D eigenvalue weighted by Crippen LogP contribution is 2.19. The number of pyridine rings is 1. The van der Waals surface area contributed by atoms with E-state index in [0.29, 0.717) is 13.1 Å². The van der Waals surface area contributed by atoms with Crippen LogP contribution in [-0.2, 0) is 11.3 Å². The second-order valence-electron chi connectivity index (χ2n) is 5.49. The number of hydrogen-bond donors (Lipinski definition) is 1. The van der Waals surface area contributed by atoms with Crippen LogP contribution >= 0.6 is 0 Å². The Labute approximate surface area is 113 Å². The Balaban J connectivity index is 2.14. The molecule has 1 amide bonds. The maximum absolute atomic E-state index is 12.3. The van der Waals surface area contributed by atoms with Crippen LogP contribution in [0.5, 0.6) is 0 Å². The molecule has 5 heteroatoms. The molecule has 1 atom stereocenters. The fraction of sp³-hybridized carbons (Fsp3) is 0.500. The number of nitrogens with one attached hydrogen (secondary N) is 1. The van der Waals surface area contributed by atoms with Crippen LogP contribution in [0, 0.1) is 11.3 Å². The summed E-state index contributed by atoms with van der Waals surface area (Å²) in [6.07, 6.45) is 3.65. The van der Waals surface area contributed by atoms with E-state index < -0.39 is 6.04 Å². The number of nitrogens with zero attached hydrogens (tertiary/aromatic N) is 3. The van der Waals surface area contributed by atoms with E-state index in [-0.39, 0.29) is 17.9 Å². The van der Waals surface area contributed by atoms with Crippen molar-refractivity contribution < 1.29 is 4.79 Å². The summed E-state index contributed by atoms with van der Waals surface area (Å²) in [6.45, 7) is 5.29. The van der Waals surface area contributed by atoms with Gasteiger partial charge in [-0.05, 0) is 31.5 Å². The van der Waals surface area contributed by atoms with Crippen molar-refractivity contribution in [2.75, 3.05) is 6.54 Å². The molecule has 1 aliphatic heterocycles. The molecule has 0 aromatic carbocycles. The van der Waals surface area contributed by atoms with E-state index in [2.05, 4.69) is 16.4 Å². The summed E-state index contributed by atoms with van der Waals surface area (Å²) >= 11 is 0. The molecule has 2 rings (SSSR count). The Morgan fingerprint density at radius 2 is 2.21 bits per heavy atom. The van der Waals surface area contributed by atoms with E-state index in [1.54, 1.807) is 12.4 Å². The molecule has 1 fully saturated rings. The van der Waals surface area contributed by atoms with Gasteiger partial charge in [0.15, 0.2) is 0 Å². The Morgan fingerprint density at radius 1 is 1.53 bits per heavy atom. The number of nitriles is 1. The molecule has 0 radical (unpaired) electrons. The molecule has 19 heavy (non-hydrogen) atoms. The molecule has 5 nitrogen and oxygen atoms in total. The topological polar surface area (TPSA) is 69.0 Å². The smallest absolute Gasteiger partial charge is 0.241 e. The number of aromatic nitrogens is 1. The third-order valence-electron chi connectivity index (χ3n) is 3.18. The summed E-state index contributed by atoms with van der Waals surface area (Å²) in [5.41, 5.74) is 0.874. The molecule has 0 bridgehead atoms. The Bertz CT molecular complexity index is 492. The first-order chi connectivity index (χ1) is 9.02. The van der Waals surface area contributed by atoms with Crippen molar-refractivity contribution in [1.29, 1.82) is 5.26 Å². The van der Waals surface area contributed by atoms with Crippen molar-refractivity contribution in [3.63, 3.8) is 0 Å². The molecule has 1 aliphatic rings. The molecule has 0 spiro atoms. The van der Waals surface area contributed by atoms with Crippen LogP contribution in [0.1, 0.15) is 25.8 Å². The molecule has 0 aliphatic carbocycles. The summed E-state index contributed by atoms with van der Waals surface area (Å²) in [5.74, 6) is -0.00214. The molecule has 1 unspecified atom stereocenters. The predicted molar refractivity (Wildman–Crippen MR) is 70.9 cm³/mol. The Morgan fingerprint density at radius 3 is 2.84 bits per heavy atom. The van der Waals surface area contributed by atoms with Crippen molar-refractivity contribution >= 4 is 5.91 Å². The summed E-state index contributed by atoms with van der Waals surface area (Å²) in [6, 6.07) is 5.47. The molecule has 1 aromatic heterocycles. The minimum Gasteiger partial charge on any atom is -0.335 e. The van der Waals surface area contributed by atoms with Crippen LogP contribution < -0.4 is 5.32 Å². The van der Waals surface area contributed by atoms with Crippen molar-refractivity contribution in [2.45, 2.75) is 38.4 Å². The monoisotopic (exact) mass is 258 g/mol. The highest BCUT2D eigenvalue weighted by molar-refractivity contribution is 5.83. The van der Waals surface area contributed by atoms with Gasteiger partial charge in [-0.15, -0.1) is 0 Å². The first kappa shape index (κ1) is 13.5. The lowest BCUT2D eigenvalue weighted by Crippen LogP contribution is -2.64. The largest absolute Gasteiger partial charge is 0.335 e. The van der Waals surface area contributed by atoms with E-state index in [0.717, 1.165) is 5.56 Å². The van der Waals surface area contributed by atoms with Crippen molar-refractivity contribution in [3.8, 4) is 6.07 Å². The predicted octanol–water partition coefficient (Wildman–Crippen LogP) is 1.07. The van der Waals surface area contributed by atoms with Crippen molar-refractivity contribution in [1.82, 2.24) is 15.2 Å². The number of amides is 1. The third kappa shape index (κ3) is 3.30. The summed E-state index contributed by atoms with van der Waals surface area (Å²) in [7, 11) is 0. The van der Waals surface area contributed by atoms with E-state index in [4.69, 9.17) is 5.26 Å². The second kappa shape index (κ2) is 5.37. The zero-order valence-corrected chi connectivity index (χ0v) is 11.3. The molecule has 1 N–H and O–H groups in total. The van der Waals surface area contributed by atoms with Gasteiger partial charge in [0.2, 0.25) is 5.91 Å². The summed E-state index contributed by atoms with van der Waals surface area (Å²) < 4.78 is 0. The average Bonchev–Trinajstić information content (AvgIpc) is 2.36. The van der Waals surface area contributed by atoms with Crippen molar-refractivity contribution in [2.24, 2.45) is 0 Å². The fourth-order valence-electron chi connectivity index (χ4n) is 2.43. The Hall–Kier alpha value is -1.93. The number of carbonyl (C=O) groups is 1. The van der Waals surface area contributed by atoms with Crippen LogP contribution in [0.25, 0.3) is 0 Å². The van der Waals surface area contributed by atoms with Gasteiger partial charge < -0.3 is 4.90 Å². The lowest BCUT2D eigenvalue weighted by atomic mass is 9.96. The SMILES string of the molecule is CC1(C)CN(Cc2ccncc2)C(=O)C(CC#N)N1. The average molecular weight is 258 g/mol. The zero-order valence-electron chi connectivity index (χ0n) is 11.3. The molecular formula is C14H18N4O. The molecule has 2 heterocycles. The number of hydrogen-bond acceptors (Lipinski definition) is 4. The van der Waals surface area contributed by atoms with Crippen LogP contribution in [-0.4, -0.2) is 33.9 Å². The minimum absolute atomic E-state index is 0.00214. The van der Waals surface area contributed by atoms with Gasteiger partial charge in [-0.1, -0.05) is 0 Å². The number of rotatable bonds is 3. The number of carbonyl (C=O) groups excluding carboxylic acids is 1. The summed E-state index contributed by atoms with van der Waals surface area (Å²) in [5, 5.41) is 12.0. The van der Waals surface area contributed by atoms with Crippen LogP contribution in [0.3, 0.4) is 0 Å². The van der Waals surface area contributed by atoms with Crippen LogP contribution in [0.2, 0.25) is 0 Å². The molecule has 1 saturated heterocycles. The van der Waals surface area contributed by atoms with E-state index in [1.165, 1.54) is 0 Å². The maximum Gasteiger partial charge on any atom is 0.241 e. The highest BCUT2D eigenvalue weighted by atomic mass is 16.2. The Kier molecular flexibility index (Phi) is 3.82. The van der Waals surface area contributed by atoms with Gasteiger partial charge in [0.1, 0.15) is 6.04 Å². The molecule has 1 aromatic rings. The van der Waals surface area contributed by atoms with Crippen LogP contribution in [0.15, 0.2) is 24.5 Å². The van der Waals surface area contributed by atoms with Gasteiger partial charge in [0.25, 0.3) is 0 Å². The van der Waals surface area contributed by atoms with Gasteiger partial charge in [-0.25, -0.2) is 0 Å². The molecular weight excluding hydrogens is 240 g/mol. The molecule has 0 saturated carbocycles. The van der Waals surface area contributed by atoms with Gasteiger partial charge in [-0.3, -0.25) is 15.1 Å². The third-order valence-corrected chi connectivity index (χ3v) is 3.18. The van der Waals surface area contributed by atoms with Gasteiger partial charge in [0.05, 0.1) is 12.5 Å². The standard InChI is InChI=1S/C14H18N4O/c1-14(2)10-18(9-11-4-7-16-8-5-11)13(19)12(17-14)3-6-15/h4-5,7-8,12,17H,3,9-10H2,1-2H3. The van der Waals surface area contributed by atoms with Gasteiger partial charge in [-0.2, -0.15) is 5.26 Å². The van der Waals surface area contributed by atoms with Crippen molar-refractivity contribution in [3.05, 3.63) is 30.1 Å². The fourth-order valence-corrected chi connectivity index (χ4v) is 2.43.